The zero-order valence-electron chi connectivity index (χ0n) is 12.7. The lowest BCUT2D eigenvalue weighted by atomic mass is 10.1. The molecule has 21 heavy (non-hydrogen) atoms. The fraction of sp³-hybridized carbons (Fsp3) is 0.533. The Labute approximate surface area is 124 Å². The van der Waals surface area contributed by atoms with Crippen molar-refractivity contribution >= 4 is 5.91 Å². The average Bonchev–Trinajstić information content (AvgIpc) is 2.92. The van der Waals surface area contributed by atoms with Crippen LogP contribution >= 0.6 is 0 Å². The maximum Gasteiger partial charge on any atom is 0.239 e. The fourth-order valence-corrected chi connectivity index (χ4v) is 2.40. The van der Waals surface area contributed by atoms with Gasteiger partial charge in [0, 0.05) is 12.6 Å². The zero-order chi connectivity index (χ0) is 15.2. The third-order valence-electron chi connectivity index (χ3n) is 3.41. The van der Waals surface area contributed by atoms with Gasteiger partial charge in [-0.25, -0.2) is 0 Å². The van der Waals surface area contributed by atoms with Gasteiger partial charge in [-0.05, 0) is 31.0 Å². The number of hydrogen-bond donors (Lipinski definition) is 1. The molecule has 1 atom stereocenters. The number of hydrogen-bond acceptors (Lipinski definition) is 5. The monoisotopic (exact) mass is 294 g/mol. The molecule has 0 aliphatic carbocycles. The molecule has 0 bridgehead atoms. The number of nitrogens with one attached hydrogen (secondary N) is 1. The lowest BCUT2D eigenvalue weighted by molar-refractivity contribution is -0.190. The van der Waals surface area contributed by atoms with E-state index >= 15 is 0 Å². The van der Waals surface area contributed by atoms with Crippen molar-refractivity contribution in [2.75, 3.05) is 27.4 Å². The highest BCUT2D eigenvalue weighted by molar-refractivity contribution is 5.83. The molecule has 0 radical (unpaired) electrons. The van der Waals surface area contributed by atoms with Gasteiger partial charge < -0.3 is 14.8 Å². The third kappa shape index (κ3) is 3.86. The minimum Gasteiger partial charge on any atom is -0.497 e. The molecule has 1 heterocycles. The summed E-state index contributed by atoms with van der Waals surface area (Å²) in [6, 6.07) is 5.40. The molecule has 0 spiro atoms. The van der Waals surface area contributed by atoms with Gasteiger partial charge in [0.1, 0.15) is 17.5 Å². The number of carbonyl (C=O) groups excluding carboxylic acids is 1. The van der Waals surface area contributed by atoms with E-state index in [1.807, 2.05) is 25.1 Å². The Morgan fingerprint density at radius 3 is 2.38 bits per heavy atom. The molecular formula is C15H22N2O4. The fourth-order valence-electron chi connectivity index (χ4n) is 2.40. The summed E-state index contributed by atoms with van der Waals surface area (Å²) in [5.74, 6) is 1.45. The highest BCUT2D eigenvalue weighted by Gasteiger charge is 2.31. The van der Waals surface area contributed by atoms with Gasteiger partial charge in [-0.3, -0.25) is 9.63 Å². The number of methoxy groups -OCH3 is 2. The largest absolute Gasteiger partial charge is 0.497 e. The van der Waals surface area contributed by atoms with E-state index in [0.717, 1.165) is 23.5 Å². The van der Waals surface area contributed by atoms with Gasteiger partial charge in [-0.1, -0.05) is 0 Å². The number of ether oxygens (including phenoxy) is 2. The molecule has 1 unspecified atom stereocenters. The van der Waals surface area contributed by atoms with Crippen molar-refractivity contribution in [1.29, 1.82) is 0 Å². The van der Waals surface area contributed by atoms with Gasteiger partial charge in [0.15, 0.2) is 0 Å². The summed E-state index contributed by atoms with van der Waals surface area (Å²) in [6.07, 6.45) is 0.750. The molecule has 1 aliphatic rings. The summed E-state index contributed by atoms with van der Waals surface area (Å²) in [5.41, 5.74) is 0.972. The summed E-state index contributed by atoms with van der Waals surface area (Å²) < 4.78 is 10.5. The number of hydroxylamine groups is 2. The Morgan fingerprint density at radius 2 is 1.90 bits per heavy atom. The van der Waals surface area contributed by atoms with Crippen molar-refractivity contribution in [1.82, 2.24) is 10.4 Å². The van der Waals surface area contributed by atoms with Gasteiger partial charge >= 0.3 is 0 Å². The molecule has 1 fully saturated rings. The SMILES string of the molecule is CCON(Cc1cc(OC)cc(OC)c1)C1CCNC1=O. The van der Waals surface area contributed by atoms with E-state index in [-0.39, 0.29) is 11.9 Å². The normalized spacial score (nSPS) is 17.9. The Hall–Kier alpha value is -1.79. The maximum absolute atomic E-state index is 11.8. The van der Waals surface area contributed by atoms with Crippen LogP contribution in [0, 0.1) is 0 Å². The summed E-state index contributed by atoms with van der Waals surface area (Å²) >= 11 is 0. The van der Waals surface area contributed by atoms with Crippen LogP contribution in [-0.2, 0) is 16.2 Å². The topological polar surface area (TPSA) is 60.0 Å². The Balaban J connectivity index is 2.17. The zero-order valence-corrected chi connectivity index (χ0v) is 12.7. The number of benzene rings is 1. The lowest BCUT2D eigenvalue weighted by Gasteiger charge is -2.25. The van der Waals surface area contributed by atoms with Crippen molar-refractivity contribution in [3.05, 3.63) is 23.8 Å². The first-order valence-electron chi connectivity index (χ1n) is 7.07. The van der Waals surface area contributed by atoms with E-state index in [9.17, 15) is 4.79 Å². The van der Waals surface area contributed by atoms with Gasteiger partial charge in [-0.15, -0.1) is 0 Å². The predicted molar refractivity (Wildman–Crippen MR) is 78.1 cm³/mol. The second kappa shape index (κ2) is 7.28. The second-order valence-electron chi connectivity index (χ2n) is 4.81. The molecule has 1 aliphatic heterocycles. The summed E-state index contributed by atoms with van der Waals surface area (Å²) in [4.78, 5) is 17.5. The number of amides is 1. The van der Waals surface area contributed by atoms with Gasteiger partial charge in [-0.2, -0.15) is 5.06 Å². The first-order chi connectivity index (χ1) is 10.2. The van der Waals surface area contributed by atoms with Crippen LogP contribution in [-0.4, -0.2) is 44.4 Å². The van der Waals surface area contributed by atoms with Crippen molar-refractivity contribution in [3.8, 4) is 11.5 Å². The summed E-state index contributed by atoms with van der Waals surface area (Å²) in [6.45, 7) is 3.62. The van der Waals surface area contributed by atoms with Crippen LogP contribution in [0.2, 0.25) is 0 Å². The van der Waals surface area contributed by atoms with Crippen LogP contribution in [0.3, 0.4) is 0 Å². The molecule has 0 aromatic heterocycles. The molecule has 6 nitrogen and oxygen atoms in total. The molecule has 1 aromatic rings. The summed E-state index contributed by atoms with van der Waals surface area (Å²) in [7, 11) is 3.23. The van der Waals surface area contributed by atoms with Crippen molar-refractivity contribution in [2.24, 2.45) is 0 Å². The van der Waals surface area contributed by atoms with Crippen LogP contribution in [0.4, 0.5) is 0 Å². The lowest BCUT2D eigenvalue weighted by Crippen LogP contribution is -2.40. The average molecular weight is 294 g/mol. The van der Waals surface area contributed by atoms with E-state index < -0.39 is 0 Å². The highest BCUT2D eigenvalue weighted by Crippen LogP contribution is 2.24. The molecule has 2 rings (SSSR count). The standard InChI is InChI=1S/C15H22N2O4/c1-4-21-17(14-5-6-16-15(14)18)10-11-7-12(19-2)9-13(8-11)20-3/h7-9,14H,4-6,10H2,1-3H3,(H,16,18). The molecule has 1 aromatic carbocycles. The van der Waals surface area contributed by atoms with Crippen molar-refractivity contribution in [2.45, 2.75) is 25.9 Å². The van der Waals surface area contributed by atoms with Crippen LogP contribution in [0.25, 0.3) is 0 Å². The number of rotatable bonds is 7. The van der Waals surface area contributed by atoms with Gasteiger partial charge in [0.2, 0.25) is 5.91 Å². The van der Waals surface area contributed by atoms with E-state index in [4.69, 9.17) is 14.3 Å². The van der Waals surface area contributed by atoms with Crippen LogP contribution in [0.15, 0.2) is 18.2 Å². The molecular weight excluding hydrogens is 272 g/mol. The molecule has 6 heteroatoms. The minimum atomic E-state index is -0.248. The smallest absolute Gasteiger partial charge is 0.239 e. The third-order valence-corrected chi connectivity index (χ3v) is 3.41. The Kier molecular flexibility index (Phi) is 5.41. The van der Waals surface area contributed by atoms with Crippen molar-refractivity contribution < 1.29 is 19.1 Å². The van der Waals surface area contributed by atoms with E-state index in [1.54, 1.807) is 19.3 Å². The van der Waals surface area contributed by atoms with Crippen LogP contribution in [0.1, 0.15) is 18.9 Å². The van der Waals surface area contributed by atoms with E-state index in [2.05, 4.69) is 5.32 Å². The van der Waals surface area contributed by atoms with Crippen molar-refractivity contribution in [3.63, 3.8) is 0 Å². The maximum atomic E-state index is 11.8. The molecule has 1 saturated heterocycles. The summed E-state index contributed by atoms with van der Waals surface area (Å²) in [5, 5.41) is 4.56. The van der Waals surface area contributed by atoms with Gasteiger partial charge in [0.25, 0.3) is 0 Å². The minimum absolute atomic E-state index is 0.0123. The van der Waals surface area contributed by atoms with Gasteiger partial charge in [0.05, 0.1) is 27.4 Å². The molecule has 0 saturated carbocycles. The number of nitrogens with zero attached hydrogens (tertiary/aromatic N) is 1. The Bertz CT molecular complexity index is 470. The Morgan fingerprint density at radius 1 is 1.24 bits per heavy atom. The first-order valence-corrected chi connectivity index (χ1v) is 7.07. The molecule has 1 N–H and O–H groups in total. The molecule has 1 amide bonds. The van der Waals surface area contributed by atoms with Crippen LogP contribution in [0.5, 0.6) is 11.5 Å². The quantitative estimate of drug-likeness (QED) is 0.769. The van der Waals surface area contributed by atoms with E-state index in [0.29, 0.717) is 19.7 Å². The second-order valence-corrected chi connectivity index (χ2v) is 4.81. The first kappa shape index (κ1) is 15.6. The predicted octanol–water partition coefficient (Wildman–Crippen LogP) is 1.35. The molecule has 116 valence electrons. The highest BCUT2D eigenvalue weighted by atomic mass is 16.7. The van der Waals surface area contributed by atoms with E-state index in [1.165, 1.54) is 0 Å². The van der Waals surface area contributed by atoms with Crippen LogP contribution < -0.4 is 14.8 Å². The number of carbonyl (C=O) groups is 1.